The van der Waals surface area contributed by atoms with E-state index in [4.69, 9.17) is 0 Å². The first kappa shape index (κ1) is 12.0. The normalized spacial score (nSPS) is 14.8. The predicted molar refractivity (Wildman–Crippen MR) is 78.3 cm³/mol. The van der Waals surface area contributed by atoms with Gasteiger partial charge in [-0.15, -0.1) is 0 Å². The Morgan fingerprint density at radius 3 is 2.42 bits per heavy atom. The third-order valence-corrected chi connectivity index (χ3v) is 3.47. The van der Waals surface area contributed by atoms with Crippen molar-refractivity contribution in [1.29, 1.82) is 0 Å². The van der Waals surface area contributed by atoms with Gasteiger partial charge in [0, 0.05) is 24.7 Å². The highest BCUT2D eigenvalue weighted by molar-refractivity contribution is 5.61. The molecule has 98 valence electrons. The van der Waals surface area contributed by atoms with Crippen molar-refractivity contribution < 1.29 is 0 Å². The van der Waals surface area contributed by atoms with Gasteiger partial charge in [0.2, 0.25) is 0 Å². The van der Waals surface area contributed by atoms with Crippen LogP contribution in [0.5, 0.6) is 0 Å². The van der Waals surface area contributed by atoms with E-state index < -0.39 is 0 Å². The summed E-state index contributed by atoms with van der Waals surface area (Å²) in [5.41, 5.74) is 1.04. The fraction of sp³-hybridized carbons (Fsp3) is 0.333. The molecule has 0 amide bonds. The average Bonchev–Trinajstić information content (AvgIpc) is 2.43. The van der Waals surface area contributed by atoms with Gasteiger partial charge in [0.25, 0.3) is 0 Å². The minimum atomic E-state index is 0.572. The number of rotatable bonds is 4. The maximum Gasteiger partial charge on any atom is 0.163 e. The Hall–Kier alpha value is -2.10. The van der Waals surface area contributed by atoms with E-state index in [-0.39, 0.29) is 0 Å². The first-order valence-corrected chi connectivity index (χ1v) is 6.74. The molecule has 2 N–H and O–H groups in total. The lowest BCUT2D eigenvalue weighted by atomic mass is 9.93. The maximum absolute atomic E-state index is 4.61. The van der Waals surface area contributed by atoms with Crippen molar-refractivity contribution in [2.24, 2.45) is 0 Å². The highest BCUT2D eigenvalue weighted by Gasteiger charge is 2.18. The second-order valence-electron chi connectivity index (χ2n) is 4.85. The molecule has 0 atom stereocenters. The molecule has 1 fully saturated rings. The van der Waals surface area contributed by atoms with Crippen LogP contribution in [0.25, 0.3) is 11.4 Å². The van der Waals surface area contributed by atoms with E-state index in [1.54, 1.807) is 0 Å². The van der Waals surface area contributed by atoms with Crippen molar-refractivity contribution in [1.82, 2.24) is 9.97 Å². The third kappa shape index (κ3) is 2.67. The Morgan fingerprint density at radius 1 is 1.05 bits per heavy atom. The minimum absolute atomic E-state index is 0.572. The summed E-state index contributed by atoms with van der Waals surface area (Å²) in [4.78, 5) is 9.12. The number of nitrogens with zero attached hydrogens (tertiary/aromatic N) is 2. The molecule has 0 unspecified atom stereocenters. The van der Waals surface area contributed by atoms with Gasteiger partial charge in [-0.05, 0) is 19.3 Å². The Balaban J connectivity index is 1.92. The van der Waals surface area contributed by atoms with Crippen LogP contribution in [0, 0.1) is 0 Å². The van der Waals surface area contributed by atoms with E-state index in [1.807, 2.05) is 43.4 Å². The summed E-state index contributed by atoms with van der Waals surface area (Å²) < 4.78 is 0. The smallest absolute Gasteiger partial charge is 0.163 e. The quantitative estimate of drug-likeness (QED) is 0.880. The van der Waals surface area contributed by atoms with Crippen LogP contribution in [0.1, 0.15) is 19.3 Å². The SMILES string of the molecule is CNc1cc(NC2CCC2)nc(-c2ccccc2)n1. The molecule has 1 aliphatic rings. The summed E-state index contributed by atoms with van der Waals surface area (Å²) in [5, 5.41) is 6.57. The minimum Gasteiger partial charge on any atom is -0.373 e. The third-order valence-electron chi connectivity index (χ3n) is 3.47. The fourth-order valence-corrected chi connectivity index (χ4v) is 2.13. The Kier molecular flexibility index (Phi) is 3.31. The zero-order valence-corrected chi connectivity index (χ0v) is 11.1. The number of nitrogens with one attached hydrogen (secondary N) is 2. The van der Waals surface area contributed by atoms with E-state index in [1.165, 1.54) is 19.3 Å². The zero-order valence-electron chi connectivity index (χ0n) is 11.1. The van der Waals surface area contributed by atoms with Crippen LogP contribution in [0.2, 0.25) is 0 Å². The molecule has 4 heteroatoms. The summed E-state index contributed by atoms with van der Waals surface area (Å²) in [7, 11) is 1.88. The topological polar surface area (TPSA) is 49.8 Å². The Labute approximate surface area is 113 Å². The van der Waals surface area contributed by atoms with Crippen LogP contribution in [0.4, 0.5) is 11.6 Å². The van der Waals surface area contributed by atoms with Gasteiger partial charge in [0.1, 0.15) is 11.6 Å². The molecule has 1 aromatic carbocycles. The summed E-state index contributed by atoms with van der Waals surface area (Å²) >= 11 is 0. The molecular weight excluding hydrogens is 236 g/mol. The van der Waals surface area contributed by atoms with Gasteiger partial charge in [-0.1, -0.05) is 30.3 Å². The average molecular weight is 254 g/mol. The summed E-state index contributed by atoms with van der Waals surface area (Å²) in [5.74, 6) is 2.51. The molecule has 0 bridgehead atoms. The van der Waals surface area contributed by atoms with Crippen molar-refractivity contribution in [3.05, 3.63) is 36.4 Å². The highest BCUT2D eigenvalue weighted by Crippen LogP contribution is 2.25. The molecule has 1 saturated carbocycles. The number of aromatic nitrogens is 2. The maximum atomic E-state index is 4.61. The van der Waals surface area contributed by atoms with E-state index in [9.17, 15) is 0 Å². The number of anilines is 2. The zero-order chi connectivity index (χ0) is 13.1. The van der Waals surface area contributed by atoms with Crippen LogP contribution in [0.15, 0.2) is 36.4 Å². The first-order valence-electron chi connectivity index (χ1n) is 6.74. The van der Waals surface area contributed by atoms with Crippen LogP contribution < -0.4 is 10.6 Å². The molecule has 3 rings (SSSR count). The van der Waals surface area contributed by atoms with Crippen LogP contribution in [-0.4, -0.2) is 23.1 Å². The van der Waals surface area contributed by atoms with Crippen molar-refractivity contribution in [2.75, 3.05) is 17.7 Å². The molecule has 4 nitrogen and oxygen atoms in total. The summed E-state index contributed by atoms with van der Waals surface area (Å²) in [6.45, 7) is 0. The van der Waals surface area contributed by atoms with Crippen LogP contribution >= 0.6 is 0 Å². The van der Waals surface area contributed by atoms with E-state index in [0.29, 0.717) is 6.04 Å². The molecule has 1 heterocycles. The number of benzene rings is 1. The number of hydrogen-bond acceptors (Lipinski definition) is 4. The predicted octanol–water partition coefficient (Wildman–Crippen LogP) is 3.15. The van der Waals surface area contributed by atoms with Gasteiger partial charge in [0.15, 0.2) is 5.82 Å². The molecule has 19 heavy (non-hydrogen) atoms. The van der Waals surface area contributed by atoms with Gasteiger partial charge in [-0.3, -0.25) is 0 Å². The van der Waals surface area contributed by atoms with Crippen molar-refractivity contribution >= 4 is 11.6 Å². The van der Waals surface area contributed by atoms with E-state index in [2.05, 4.69) is 20.6 Å². The second kappa shape index (κ2) is 5.26. The molecule has 0 radical (unpaired) electrons. The van der Waals surface area contributed by atoms with Gasteiger partial charge >= 0.3 is 0 Å². The standard InChI is InChI=1S/C15H18N4/c1-16-13-10-14(17-12-8-5-9-12)19-15(18-13)11-6-3-2-4-7-11/h2-4,6-7,10,12H,5,8-9H2,1H3,(H2,16,17,18,19). The second-order valence-corrected chi connectivity index (χ2v) is 4.85. The molecule has 1 aliphatic carbocycles. The van der Waals surface area contributed by atoms with Crippen LogP contribution in [0.3, 0.4) is 0 Å². The first-order chi connectivity index (χ1) is 9.35. The lowest BCUT2D eigenvalue weighted by molar-refractivity contribution is 0.444. The Morgan fingerprint density at radius 2 is 1.79 bits per heavy atom. The van der Waals surface area contributed by atoms with Gasteiger partial charge in [0.05, 0.1) is 0 Å². The van der Waals surface area contributed by atoms with Gasteiger partial charge in [-0.25, -0.2) is 9.97 Å². The van der Waals surface area contributed by atoms with Crippen LogP contribution in [-0.2, 0) is 0 Å². The monoisotopic (exact) mass is 254 g/mol. The molecule has 2 aromatic rings. The largest absolute Gasteiger partial charge is 0.373 e. The van der Waals surface area contributed by atoms with Crippen molar-refractivity contribution in [3.8, 4) is 11.4 Å². The van der Waals surface area contributed by atoms with Crippen molar-refractivity contribution in [3.63, 3.8) is 0 Å². The lowest BCUT2D eigenvalue weighted by Crippen LogP contribution is -2.27. The lowest BCUT2D eigenvalue weighted by Gasteiger charge is -2.27. The molecule has 0 aliphatic heterocycles. The summed E-state index contributed by atoms with van der Waals surface area (Å²) in [6.07, 6.45) is 3.78. The molecule has 0 saturated heterocycles. The van der Waals surface area contributed by atoms with E-state index in [0.717, 1.165) is 23.0 Å². The van der Waals surface area contributed by atoms with Gasteiger partial charge < -0.3 is 10.6 Å². The number of hydrogen-bond donors (Lipinski definition) is 2. The van der Waals surface area contributed by atoms with E-state index >= 15 is 0 Å². The molecule has 0 spiro atoms. The highest BCUT2D eigenvalue weighted by atomic mass is 15.1. The summed E-state index contributed by atoms with van der Waals surface area (Å²) in [6, 6.07) is 12.6. The van der Waals surface area contributed by atoms with Gasteiger partial charge in [-0.2, -0.15) is 0 Å². The van der Waals surface area contributed by atoms with Crippen molar-refractivity contribution in [2.45, 2.75) is 25.3 Å². The molecular formula is C15H18N4. The molecule has 1 aromatic heterocycles. The Bertz CT molecular complexity index is 549. The fourth-order valence-electron chi connectivity index (χ4n) is 2.13.